The highest BCUT2D eigenvalue weighted by atomic mass is 16.5. The predicted octanol–water partition coefficient (Wildman–Crippen LogP) is 0.640. The minimum atomic E-state index is -0.960. The minimum absolute atomic E-state index is 0.235. The molecule has 1 aromatic rings. The lowest BCUT2D eigenvalue weighted by atomic mass is 9.91. The highest BCUT2D eigenvalue weighted by Crippen LogP contribution is 2.30. The van der Waals surface area contributed by atoms with Crippen molar-refractivity contribution in [3.63, 3.8) is 0 Å². The van der Waals surface area contributed by atoms with Gasteiger partial charge >= 0.3 is 5.97 Å². The summed E-state index contributed by atoms with van der Waals surface area (Å²) < 4.78 is 5.11. The zero-order valence-corrected chi connectivity index (χ0v) is 14.6. The van der Waals surface area contributed by atoms with Gasteiger partial charge in [0.2, 0.25) is 11.9 Å². The molecule has 0 spiro atoms. The van der Waals surface area contributed by atoms with E-state index < -0.39 is 17.9 Å². The number of hydrogen-bond acceptors (Lipinski definition) is 6. The zero-order valence-electron chi connectivity index (χ0n) is 14.6. The van der Waals surface area contributed by atoms with Gasteiger partial charge in [-0.2, -0.15) is 0 Å². The quantitative estimate of drug-likeness (QED) is 0.643. The maximum absolute atomic E-state index is 12.7. The molecule has 0 unspecified atom stereocenters. The number of carbonyl (C=O) groups is 2. The van der Waals surface area contributed by atoms with Crippen LogP contribution in [0, 0.1) is 5.92 Å². The Hall–Kier alpha value is -2.41. The molecular formula is C18H24N4O3. The number of amides is 1. The molecule has 2 aliphatic rings. The molecule has 0 bridgehead atoms. The number of aliphatic imine (C=N–C) groups is 1. The number of esters is 1. The second-order valence-electron chi connectivity index (χ2n) is 6.32. The second kappa shape index (κ2) is 7.65. The van der Waals surface area contributed by atoms with Crippen LogP contribution in [-0.2, 0) is 14.3 Å². The average Bonchev–Trinajstić information content (AvgIpc) is 2.62. The molecule has 1 N–H and O–H groups in total. The first-order valence-electron chi connectivity index (χ1n) is 8.64. The van der Waals surface area contributed by atoms with Crippen LogP contribution in [0.1, 0.15) is 18.5 Å². The maximum Gasteiger partial charge on any atom is 0.321 e. The summed E-state index contributed by atoms with van der Waals surface area (Å²) in [7, 11) is 2.07. The molecule has 1 saturated heterocycles. The maximum atomic E-state index is 12.7. The van der Waals surface area contributed by atoms with Gasteiger partial charge in [-0.15, -0.1) is 0 Å². The number of benzene rings is 1. The van der Waals surface area contributed by atoms with E-state index in [0.29, 0.717) is 5.96 Å². The number of likely N-dealkylation sites (N-methyl/N-ethyl adjacent to an activating group) is 1. The van der Waals surface area contributed by atoms with Crippen molar-refractivity contribution < 1.29 is 14.3 Å². The Kier molecular flexibility index (Phi) is 5.33. The fourth-order valence-corrected chi connectivity index (χ4v) is 3.13. The van der Waals surface area contributed by atoms with Gasteiger partial charge in [0.15, 0.2) is 5.92 Å². The van der Waals surface area contributed by atoms with Gasteiger partial charge in [-0.3, -0.25) is 14.9 Å². The van der Waals surface area contributed by atoms with Gasteiger partial charge < -0.3 is 14.5 Å². The Morgan fingerprint density at radius 2 is 1.92 bits per heavy atom. The predicted molar refractivity (Wildman–Crippen MR) is 94.0 cm³/mol. The number of rotatable bonds is 3. The van der Waals surface area contributed by atoms with Gasteiger partial charge in [0.05, 0.1) is 6.61 Å². The molecule has 1 amide bonds. The highest BCUT2D eigenvalue weighted by molar-refractivity contribution is 6.08. The highest BCUT2D eigenvalue weighted by Gasteiger charge is 2.42. The molecule has 0 saturated carbocycles. The molecule has 0 aliphatic carbocycles. The first-order chi connectivity index (χ1) is 12.1. The SMILES string of the molecule is CCOC(=O)[C@@H]1C(=O)NC(N2CCN(C)CC2)=N[C@@H]1c1ccccc1. The number of hydrogen-bond donors (Lipinski definition) is 1. The van der Waals surface area contributed by atoms with Crippen LogP contribution < -0.4 is 5.32 Å². The largest absolute Gasteiger partial charge is 0.465 e. The lowest BCUT2D eigenvalue weighted by Gasteiger charge is -2.37. The van der Waals surface area contributed by atoms with E-state index in [1.807, 2.05) is 30.3 Å². The van der Waals surface area contributed by atoms with Crippen LogP contribution in [0.2, 0.25) is 0 Å². The number of guanidine groups is 1. The smallest absolute Gasteiger partial charge is 0.321 e. The van der Waals surface area contributed by atoms with Crippen LogP contribution in [0.3, 0.4) is 0 Å². The van der Waals surface area contributed by atoms with Crippen LogP contribution in [-0.4, -0.2) is 67.5 Å². The molecule has 2 heterocycles. The van der Waals surface area contributed by atoms with E-state index in [4.69, 9.17) is 9.73 Å². The van der Waals surface area contributed by atoms with Crippen LogP contribution in [0.25, 0.3) is 0 Å². The summed E-state index contributed by atoms with van der Waals surface area (Å²) in [6.07, 6.45) is 0. The van der Waals surface area contributed by atoms with Crippen LogP contribution in [0.4, 0.5) is 0 Å². The number of carbonyl (C=O) groups excluding carboxylic acids is 2. The Morgan fingerprint density at radius 3 is 2.56 bits per heavy atom. The molecule has 3 rings (SSSR count). The van der Waals surface area contributed by atoms with Crippen LogP contribution >= 0.6 is 0 Å². The summed E-state index contributed by atoms with van der Waals surface area (Å²) in [5.74, 6) is -1.29. The van der Waals surface area contributed by atoms with Crippen molar-refractivity contribution in [1.82, 2.24) is 15.1 Å². The number of nitrogens with one attached hydrogen (secondary N) is 1. The van der Waals surface area contributed by atoms with E-state index in [1.54, 1.807) is 6.92 Å². The van der Waals surface area contributed by atoms with Crippen molar-refractivity contribution in [3.05, 3.63) is 35.9 Å². The molecule has 25 heavy (non-hydrogen) atoms. The standard InChI is InChI=1S/C18H24N4O3/c1-3-25-17(24)14-15(13-7-5-4-6-8-13)19-18(20-16(14)23)22-11-9-21(2)10-12-22/h4-8,14-15H,3,9-12H2,1-2H3,(H,19,20,23)/t14-,15+/m0/s1. The van der Waals surface area contributed by atoms with Crippen molar-refractivity contribution in [1.29, 1.82) is 0 Å². The van der Waals surface area contributed by atoms with Gasteiger partial charge in [0.1, 0.15) is 6.04 Å². The minimum Gasteiger partial charge on any atom is -0.465 e. The number of piperazine rings is 1. The molecule has 2 atom stereocenters. The molecule has 7 heteroatoms. The summed E-state index contributed by atoms with van der Waals surface area (Å²) in [6.45, 7) is 5.37. The Morgan fingerprint density at radius 1 is 1.24 bits per heavy atom. The average molecular weight is 344 g/mol. The van der Waals surface area contributed by atoms with Crippen molar-refractivity contribution in [3.8, 4) is 0 Å². The fraction of sp³-hybridized carbons (Fsp3) is 0.500. The van der Waals surface area contributed by atoms with E-state index in [-0.39, 0.29) is 12.5 Å². The third kappa shape index (κ3) is 3.82. The lowest BCUT2D eigenvalue weighted by Crippen LogP contribution is -2.56. The first kappa shape index (κ1) is 17.4. The number of ether oxygens (including phenoxy) is 1. The van der Waals surface area contributed by atoms with E-state index in [2.05, 4.69) is 22.2 Å². The van der Waals surface area contributed by atoms with E-state index in [1.165, 1.54) is 0 Å². The van der Waals surface area contributed by atoms with Crippen molar-refractivity contribution in [2.24, 2.45) is 10.9 Å². The third-order valence-corrected chi connectivity index (χ3v) is 4.58. The first-order valence-corrected chi connectivity index (χ1v) is 8.64. The van der Waals surface area contributed by atoms with Gasteiger partial charge in [-0.05, 0) is 19.5 Å². The molecule has 2 aliphatic heterocycles. The summed E-state index contributed by atoms with van der Waals surface area (Å²) >= 11 is 0. The van der Waals surface area contributed by atoms with Crippen molar-refractivity contribution >= 4 is 17.8 Å². The summed E-state index contributed by atoms with van der Waals surface area (Å²) in [5.41, 5.74) is 0.835. The topological polar surface area (TPSA) is 74.2 Å². The van der Waals surface area contributed by atoms with Crippen molar-refractivity contribution in [2.75, 3.05) is 39.8 Å². The summed E-state index contributed by atoms with van der Waals surface area (Å²) in [4.78, 5) is 34.1. The van der Waals surface area contributed by atoms with E-state index in [0.717, 1.165) is 31.7 Å². The molecule has 134 valence electrons. The van der Waals surface area contributed by atoms with Gasteiger partial charge in [-0.25, -0.2) is 4.99 Å². The van der Waals surface area contributed by atoms with Crippen molar-refractivity contribution in [2.45, 2.75) is 13.0 Å². The lowest BCUT2D eigenvalue weighted by molar-refractivity contribution is -0.153. The van der Waals surface area contributed by atoms with Gasteiger partial charge in [-0.1, -0.05) is 30.3 Å². The summed E-state index contributed by atoms with van der Waals surface area (Å²) in [5, 5.41) is 2.81. The second-order valence-corrected chi connectivity index (χ2v) is 6.32. The normalized spacial score (nSPS) is 24.5. The zero-order chi connectivity index (χ0) is 17.8. The van der Waals surface area contributed by atoms with E-state index in [9.17, 15) is 9.59 Å². The Balaban J connectivity index is 1.91. The van der Waals surface area contributed by atoms with Gasteiger partial charge in [0, 0.05) is 26.2 Å². The summed E-state index contributed by atoms with van der Waals surface area (Å²) in [6, 6.07) is 8.88. The fourth-order valence-electron chi connectivity index (χ4n) is 3.13. The number of nitrogens with zero attached hydrogens (tertiary/aromatic N) is 3. The molecule has 0 radical (unpaired) electrons. The molecule has 1 fully saturated rings. The van der Waals surface area contributed by atoms with Crippen LogP contribution in [0.15, 0.2) is 35.3 Å². The Bertz CT molecular complexity index is 654. The Labute approximate surface area is 147 Å². The molecule has 1 aromatic carbocycles. The van der Waals surface area contributed by atoms with Crippen LogP contribution in [0.5, 0.6) is 0 Å². The third-order valence-electron chi connectivity index (χ3n) is 4.58. The monoisotopic (exact) mass is 344 g/mol. The molecular weight excluding hydrogens is 320 g/mol. The van der Waals surface area contributed by atoms with E-state index >= 15 is 0 Å². The van der Waals surface area contributed by atoms with Gasteiger partial charge in [0.25, 0.3) is 0 Å². The molecule has 0 aromatic heterocycles. The molecule has 7 nitrogen and oxygen atoms in total.